The second-order valence-electron chi connectivity index (χ2n) is 4.18. The summed E-state index contributed by atoms with van der Waals surface area (Å²) in [5.74, 6) is 0.456. The van der Waals surface area contributed by atoms with Gasteiger partial charge in [0.25, 0.3) is 5.91 Å². The van der Waals surface area contributed by atoms with E-state index < -0.39 is 0 Å². The molecule has 1 aromatic heterocycles. The minimum atomic E-state index is -0.152. The third-order valence-electron chi connectivity index (χ3n) is 2.80. The molecule has 0 aliphatic carbocycles. The van der Waals surface area contributed by atoms with E-state index in [1.54, 1.807) is 24.3 Å². The number of benzene rings is 1. The molecule has 2 aromatic rings. The van der Waals surface area contributed by atoms with Crippen molar-refractivity contribution in [3.8, 4) is 11.4 Å². The van der Waals surface area contributed by atoms with Crippen molar-refractivity contribution in [1.82, 2.24) is 20.1 Å². The van der Waals surface area contributed by atoms with Gasteiger partial charge in [0.15, 0.2) is 5.82 Å². The smallest absolute Gasteiger partial charge is 0.254 e. The van der Waals surface area contributed by atoms with Crippen molar-refractivity contribution in [1.29, 1.82) is 0 Å². The van der Waals surface area contributed by atoms with Gasteiger partial charge in [0, 0.05) is 24.2 Å². The van der Waals surface area contributed by atoms with Crippen LogP contribution in [0.1, 0.15) is 10.4 Å². The maximum Gasteiger partial charge on any atom is 0.254 e. The van der Waals surface area contributed by atoms with Crippen molar-refractivity contribution in [2.24, 2.45) is 0 Å². The van der Waals surface area contributed by atoms with Crippen LogP contribution in [0.4, 0.5) is 0 Å². The Hall–Kier alpha value is -2.47. The van der Waals surface area contributed by atoms with Gasteiger partial charge in [-0.05, 0) is 12.1 Å². The minimum absolute atomic E-state index is 0.0820. The van der Waals surface area contributed by atoms with E-state index in [1.807, 2.05) is 6.07 Å². The van der Waals surface area contributed by atoms with Gasteiger partial charge in [0.2, 0.25) is 0 Å². The first-order valence-electron chi connectivity index (χ1n) is 6.23. The largest absolute Gasteiger partial charge is 0.395 e. The number of aromatic amines is 1. The number of aromatic nitrogens is 3. The Morgan fingerprint density at radius 3 is 3.00 bits per heavy atom. The second-order valence-corrected chi connectivity index (χ2v) is 4.18. The summed E-state index contributed by atoms with van der Waals surface area (Å²) in [6.07, 6.45) is 3.05. The number of carbonyl (C=O) groups is 1. The molecule has 0 saturated heterocycles. The summed E-state index contributed by atoms with van der Waals surface area (Å²) in [7, 11) is 0. The summed E-state index contributed by atoms with van der Waals surface area (Å²) >= 11 is 0. The molecule has 1 heterocycles. The average molecular weight is 272 g/mol. The van der Waals surface area contributed by atoms with Crippen LogP contribution < -0.4 is 0 Å². The van der Waals surface area contributed by atoms with Gasteiger partial charge in [-0.15, -0.1) is 6.58 Å². The van der Waals surface area contributed by atoms with Crippen molar-refractivity contribution in [2.45, 2.75) is 0 Å². The highest BCUT2D eigenvalue weighted by Gasteiger charge is 2.15. The second kappa shape index (κ2) is 6.63. The average Bonchev–Trinajstić information content (AvgIpc) is 3.01. The monoisotopic (exact) mass is 272 g/mol. The quantitative estimate of drug-likeness (QED) is 0.771. The Bertz CT molecular complexity index is 581. The van der Waals surface area contributed by atoms with Crippen LogP contribution in [0.2, 0.25) is 0 Å². The fraction of sp³-hybridized carbons (Fsp3) is 0.214. The van der Waals surface area contributed by atoms with Crippen molar-refractivity contribution in [3.63, 3.8) is 0 Å². The third-order valence-corrected chi connectivity index (χ3v) is 2.80. The number of rotatable bonds is 6. The summed E-state index contributed by atoms with van der Waals surface area (Å²) < 4.78 is 0. The molecule has 2 rings (SSSR count). The maximum atomic E-state index is 12.4. The highest BCUT2D eigenvalue weighted by atomic mass is 16.3. The molecule has 0 saturated carbocycles. The van der Waals surface area contributed by atoms with E-state index in [9.17, 15) is 4.79 Å². The van der Waals surface area contributed by atoms with Gasteiger partial charge in [0.1, 0.15) is 6.33 Å². The highest BCUT2D eigenvalue weighted by Crippen LogP contribution is 2.16. The normalized spacial score (nSPS) is 10.2. The molecule has 0 aliphatic heterocycles. The summed E-state index contributed by atoms with van der Waals surface area (Å²) in [5, 5.41) is 15.6. The molecule has 0 aliphatic rings. The van der Waals surface area contributed by atoms with Gasteiger partial charge >= 0.3 is 0 Å². The molecule has 1 aromatic carbocycles. The van der Waals surface area contributed by atoms with Crippen LogP contribution in [0.25, 0.3) is 11.4 Å². The van der Waals surface area contributed by atoms with Crippen LogP contribution in [0.3, 0.4) is 0 Å². The lowest BCUT2D eigenvalue weighted by Gasteiger charge is -2.20. The standard InChI is InChI=1S/C14H16N4O2/c1-2-6-18(7-8-19)14(20)12-5-3-4-11(9-12)13-15-10-16-17-13/h2-5,9-10,19H,1,6-8H2,(H,15,16,17). The zero-order valence-electron chi connectivity index (χ0n) is 11.0. The molecule has 0 radical (unpaired) electrons. The number of aliphatic hydroxyl groups is 1. The number of H-pyrrole nitrogens is 1. The Morgan fingerprint density at radius 1 is 1.50 bits per heavy atom. The van der Waals surface area contributed by atoms with Gasteiger partial charge < -0.3 is 10.0 Å². The predicted molar refractivity (Wildman–Crippen MR) is 75.0 cm³/mol. The number of hydrogen-bond acceptors (Lipinski definition) is 4. The van der Waals surface area contributed by atoms with E-state index in [1.165, 1.54) is 11.2 Å². The molecule has 0 fully saturated rings. The van der Waals surface area contributed by atoms with Crippen LogP contribution in [0.5, 0.6) is 0 Å². The van der Waals surface area contributed by atoms with E-state index in [4.69, 9.17) is 5.11 Å². The summed E-state index contributed by atoms with van der Waals surface area (Å²) in [6, 6.07) is 7.11. The number of amides is 1. The molecule has 0 unspecified atom stereocenters. The number of hydrogen-bond donors (Lipinski definition) is 2. The fourth-order valence-corrected chi connectivity index (χ4v) is 1.88. The van der Waals surface area contributed by atoms with Gasteiger partial charge in [0.05, 0.1) is 6.61 Å². The van der Waals surface area contributed by atoms with Gasteiger partial charge in [-0.25, -0.2) is 4.98 Å². The highest BCUT2D eigenvalue weighted by molar-refractivity contribution is 5.95. The topological polar surface area (TPSA) is 82.1 Å². The molecule has 1 amide bonds. The Morgan fingerprint density at radius 2 is 2.35 bits per heavy atom. The number of carbonyl (C=O) groups excluding carboxylic acids is 1. The van der Waals surface area contributed by atoms with Crippen molar-refractivity contribution < 1.29 is 9.90 Å². The van der Waals surface area contributed by atoms with E-state index in [-0.39, 0.29) is 19.1 Å². The lowest BCUT2D eigenvalue weighted by atomic mass is 10.1. The molecule has 104 valence electrons. The SMILES string of the molecule is C=CCN(CCO)C(=O)c1cccc(-c2ncn[nH]2)c1. The number of nitrogens with one attached hydrogen (secondary N) is 1. The van der Waals surface area contributed by atoms with Crippen LogP contribution in [0, 0.1) is 0 Å². The lowest BCUT2D eigenvalue weighted by molar-refractivity contribution is 0.0743. The molecule has 0 spiro atoms. The Labute approximate surface area is 116 Å². The van der Waals surface area contributed by atoms with Crippen LogP contribution >= 0.6 is 0 Å². The van der Waals surface area contributed by atoms with E-state index in [0.29, 0.717) is 17.9 Å². The molecule has 20 heavy (non-hydrogen) atoms. The Kier molecular flexibility index (Phi) is 4.62. The summed E-state index contributed by atoms with van der Waals surface area (Å²) in [4.78, 5) is 18.0. The minimum Gasteiger partial charge on any atom is -0.395 e. The molecule has 6 heteroatoms. The number of aliphatic hydroxyl groups excluding tert-OH is 1. The molecule has 2 N–H and O–H groups in total. The van der Waals surface area contributed by atoms with Crippen LogP contribution in [-0.2, 0) is 0 Å². The van der Waals surface area contributed by atoms with Crippen LogP contribution in [-0.4, -0.2) is 50.8 Å². The molecular formula is C14H16N4O2. The number of nitrogens with zero attached hydrogens (tertiary/aromatic N) is 3. The van der Waals surface area contributed by atoms with E-state index in [2.05, 4.69) is 21.8 Å². The predicted octanol–water partition coefficient (Wildman–Crippen LogP) is 1.09. The lowest BCUT2D eigenvalue weighted by Crippen LogP contribution is -2.33. The maximum absolute atomic E-state index is 12.4. The molecular weight excluding hydrogens is 256 g/mol. The van der Waals surface area contributed by atoms with Gasteiger partial charge in [-0.2, -0.15) is 5.10 Å². The van der Waals surface area contributed by atoms with Crippen molar-refractivity contribution in [3.05, 3.63) is 48.8 Å². The summed E-state index contributed by atoms with van der Waals surface area (Å²) in [6.45, 7) is 4.21. The van der Waals surface area contributed by atoms with Gasteiger partial charge in [-0.3, -0.25) is 9.89 Å². The zero-order valence-corrected chi connectivity index (χ0v) is 11.0. The molecule has 0 atom stereocenters. The van der Waals surface area contributed by atoms with Crippen molar-refractivity contribution >= 4 is 5.91 Å². The summed E-state index contributed by atoms with van der Waals surface area (Å²) in [5.41, 5.74) is 1.32. The van der Waals surface area contributed by atoms with Gasteiger partial charge in [-0.1, -0.05) is 18.2 Å². The van der Waals surface area contributed by atoms with Crippen LogP contribution in [0.15, 0.2) is 43.2 Å². The molecule has 0 bridgehead atoms. The third kappa shape index (κ3) is 3.10. The first-order chi connectivity index (χ1) is 9.76. The molecule has 6 nitrogen and oxygen atoms in total. The zero-order chi connectivity index (χ0) is 14.4. The van der Waals surface area contributed by atoms with E-state index in [0.717, 1.165) is 5.56 Å². The first-order valence-corrected chi connectivity index (χ1v) is 6.23. The fourth-order valence-electron chi connectivity index (χ4n) is 1.88. The van der Waals surface area contributed by atoms with E-state index >= 15 is 0 Å². The Balaban J connectivity index is 2.25. The first kappa shape index (κ1) is 14.0. The van der Waals surface area contributed by atoms with Crippen molar-refractivity contribution in [2.75, 3.05) is 19.7 Å².